The van der Waals surface area contributed by atoms with E-state index in [1.54, 1.807) is 30.3 Å². The molecule has 1 aromatic carbocycles. The number of likely N-dealkylation sites (tertiary alicyclic amines) is 1. The number of aliphatic carboxylic acids is 1. The van der Waals surface area contributed by atoms with Crippen LogP contribution in [0.15, 0.2) is 48.7 Å². The van der Waals surface area contributed by atoms with Crippen LogP contribution in [0.25, 0.3) is 11.0 Å². The molecule has 3 heterocycles. The number of hydrogen-bond donors (Lipinski definition) is 5. The van der Waals surface area contributed by atoms with Gasteiger partial charge in [0.15, 0.2) is 6.10 Å². The molecule has 1 unspecified atom stereocenters. The number of aromatic nitrogens is 2. The van der Waals surface area contributed by atoms with E-state index >= 15 is 0 Å². The van der Waals surface area contributed by atoms with Crippen LogP contribution in [0.4, 0.5) is 10.6 Å². The molecular formula is C33H47N5O4. The third-order valence-corrected chi connectivity index (χ3v) is 8.47. The van der Waals surface area contributed by atoms with Gasteiger partial charge in [0.25, 0.3) is 0 Å². The number of aliphatic hydroxyl groups excluding tert-OH is 1. The lowest BCUT2D eigenvalue weighted by Gasteiger charge is -2.40. The van der Waals surface area contributed by atoms with Gasteiger partial charge in [-0.3, -0.25) is 10.2 Å². The summed E-state index contributed by atoms with van der Waals surface area (Å²) in [5, 5.41) is 23.5. The molecule has 5 rings (SSSR count). The van der Waals surface area contributed by atoms with E-state index in [1.165, 1.54) is 37.7 Å². The smallest absolute Gasteiger partial charge is 0.337 e. The minimum atomic E-state index is -1.41. The molecule has 42 heavy (non-hydrogen) atoms. The Morgan fingerprint density at radius 3 is 2.21 bits per heavy atom. The van der Waals surface area contributed by atoms with Gasteiger partial charge in [-0.15, -0.1) is 0 Å². The number of rotatable bonds is 5. The zero-order valence-corrected chi connectivity index (χ0v) is 25.2. The summed E-state index contributed by atoms with van der Waals surface area (Å²) in [5.74, 6) is -0.0844. The summed E-state index contributed by atoms with van der Waals surface area (Å²) in [6.07, 6.45) is 11.5. The van der Waals surface area contributed by atoms with E-state index in [4.69, 9.17) is 15.2 Å². The van der Waals surface area contributed by atoms with E-state index in [0.717, 1.165) is 49.8 Å². The second-order valence-corrected chi connectivity index (χ2v) is 12.6. The lowest BCUT2D eigenvalue weighted by molar-refractivity contribution is -0.146. The number of carboxylic acid groups (broad SMARTS) is 1. The summed E-state index contributed by atoms with van der Waals surface area (Å²) < 4.78 is 0. The molecule has 0 spiro atoms. The first-order valence-electron chi connectivity index (χ1n) is 15.4. The number of carbonyl (C=O) groups excluding carboxylic acids is 1. The Labute approximate surface area is 249 Å². The maximum absolute atomic E-state index is 12.6. The lowest BCUT2D eigenvalue weighted by Crippen LogP contribution is -2.45. The number of piperidine rings is 1. The van der Waals surface area contributed by atoms with E-state index < -0.39 is 12.1 Å². The molecule has 2 fully saturated rings. The van der Waals surface area contributed by atoms with Crippen molar-refractivity contribution in [3.05, 3.63) is 59.8 Å². The minimum absolute atomic E-state index is 0.131. The minimum Gasteiger partial charge on any atom is -0.479 e. The van der Waals surface area contributed by atoms with Gasteiger partial charge in [0.05, 0.1) is 11.0 Å². The number of urea groups is 1. The van der Waals surface area contributed by atoms with Crippen molar-refractivity contribution in [2.75, 3.05) is 18.4 Å². The summed E-state index contributed by atoms with van der Waals surface area (Å²) in [7, 11) is 0. The molecule has 1 aliphatic carbocycles. The number of aliphatic hydroxyl groups is 1. The molecular weight excluding hydrogens is 530 g/mol. The zero-order valence-electron chi connectivity index (χ0n) is 25.2. The zero-order chi connectivity index (χ0) is 30.1. The van der Waals surface area contributed by atoms with Gasteiger partial charge in [-0.2, -0.15) is 0 Å². The van der Waals surface area contributed by atoms with Crippen LogP contribution >= 0.6 is 0 Å². The molecule has 1 saturated heterocycles. The Bertz CT molecular complexity index is 1290. The molecule has 0 radical (unpaired) electrons. The topological polar surface area (TPSA) is 131 Å². The number of nitrogens with zero attached hydrogens (tertiary/aromatic N) is 2. The van der Waals surface area contributed by atoms with Crippen LogP contribution < -0.4 is 10.6 Å². The molecule has 228 valence electrons. The number of aromatic amines is 1. The number of amides is 2. The highest BCUT2D eigenvalue weighted by atomic mass is 16.4. The molecule has 1 aliphatic heterocycles. The van der Waals surface area contributed by atoms with E-state index in [0.29, 0.717) is 17.3 Å². The Balaban J connectivity index is 0.000000310. The molecule has 2 aromatic heterocycles. The van der Waals surface area contributed by atoms with Gasteiger partial charge in [0, 0.05) is 17.8 Å². The summed E-state index contributed by atoms with van der Waals surface area (Å²) in [6.45, 7) is 9.10. The van der Waals surface area contributed by atoms with Gasteiger partial charge in [-0.1, -0.05) is 62.4 Å². The monoisotopic (exact) mass is 577 g/mol. The van der Waals surface area contributed by atoms with Crippen molar-refractivity contribution in [2.45, 2.75) is 102 Å². The highest BCUT2D eigenvalue weighted by Gasteiger charge is 2.29. The Kier molecular flexibility index (Phi) is 11.0. The van der Waals surface area contributed by atoms with Crippen molar-refractivity contribution in [1.29, 1.82) is 0 Å². The molecule has 1 saturated carbocycles. The highest BCUT2D eigenvalue weighted by molar-refractivity contribution is 5.90. The molecule has 0 bridgehead atoms. The Hall–Kier alpha value is -3.43. The standard InChI is InChI=1S/C25H39N5O.C8H8O3/c1-25(2,3)30-15-13-18(14-16-30)20-17-26-21-11-12-22(28-23(20)21)29-24(31)27-19-9-7-5-4-6-8-10-19;9-7(8(10)11)6-4-2-1-3-5-6/h11-12,17-19,26H,4-10,13-16H2,1-3H3,(H2,27,28,29,31);1-5,7,9H,(H,10,11). The average molecular weight is 578 g/mol. The number of H-pyrrole nitrogens is 1. The van der Waals surface area contributed by atoms with Gasteiger partial charge in [-0.25, -0.2) is 14.6 Å². The number of carbonyl (C=O) groups is 2. The van der Waals surface area contributed by atoms with Crippen LogP contribution in [0, 0.1) is 0 Å². The largest absolute Gasteiger partial charge is 0.479 e. The molecule has 1 atom stereocenters. The molecule has 5 N–H and O–H groups in total. The Morgan fingerprint density at radius 1 is 0.952 bits per heavy atom. The molecule has 9 heteroatoms. The second-order valence-electron chi connectivity index (χ2n) is 12.6. The number of carboxylic acids is 1. The highest BCUT2D eigenvalue weighted by Crippen LogP contribution is 2.34. The first-order chi connectivity index (χ1) is 20.1. The SMILES string of the molecule is CC(C)(C)N1CCC(c2c[nH]c3ccc(NC(=O)NC4CCCCCCC4)nc23)CC1.O=C(O)C(O)c1ccccc1. The second kappa shape index (κ2) is 14.6. The first-order valence-corrected chi connectivity index (χ1v) is 15.4. The fourth-order valence-corrected chi connectivity index (χ4v) is 5.98. The fraction of sp³-hybridized carbons (Fsp3) is 0.545. The summed E-state index contributed by atoms with van der Waals surface area (Å²) >= 11 is 0. The van der Waals surface area contributed by atoms with Crippen LogP contribution in [-0.2, 0) is 4.79 Å². The van der Waals surface area contributed by atoms with Crippen LogP contribution in [0.2, 0.25) is 0 Å². The van der Waals surface area contributed by atoms with Crippen molar-refractivity contribution in [3.63, 3.8) is 0 Å². The van der Waals surface area contributed by atoms with Gasteiger partial charge in [-0.05, 0) is 88.7 Å². The third-order valence-electron chi connectivity index (χ3n) is 8.47. The maximum atomic E-state index is 12.6. The normalized spacial score (nSPS) is 18.3. The van der Waals surface area contributed by atoms with Gasteiger partial charge in [0.2, 0.25) is 0 Å². The Morgan fingerprint density at radius 2 is 1.60 bits per heavy atom. The van der Waals surface area contributed by atoms with E-state index in [1.807, 2.05) is 12.1 Å². The van der Waals surface area contributed by atoms with Crippen molar-refractivity contribution in [1.82, 2.24) is 20.2 Å². The molecule has 2 aliphatic rings. The third kappa shape index (κ3) is 8.79. The number of benzene rings is 1. The van der Waals surface area contributed by atoms with Crippen LogP contribution in [0.3, 0.4) is 0 Å². The number of fused-ring (bicyclic) bond motifs is 1. The van der Waals surface area contributed by atoms with Crippen LogP contribution in [0.5, 0.6) is 0 Å². The number of pyridine rings is 1. The van der Waals surface area contributed by atoms with E-state index in [-0.39, 0.29) is 17.6 Å². The lowest BCUT2D eigenvalue weighted by atomic mass is 9.88. The number of anilines is 1. The van der Waals surface area contributed by atoms with Crippen LogP contribution in [-0.4, -0.2) is 61.8 Å². The molecule has 3 aromatic rings. The molecule has 2 amide bonds. The summed E-state index contributed by atoms with van der Waals surface area (Å²) in [6, 6.07) is 12.3. The van der Waals surface area contributed by atoms with Crippen molar-refractivity contribution >= 4 is 28.9 Å². The van der Waals surface area contributed by atoms with E-state index in [2.05, 4.69) is 47.5 Å². The first kappa shape index (κ1) is 31.5. The van der Waals surface area contributed by atoms with E-state index in [9.17, 15) is 9.59 Å². The fourth-order valence-electron chi connectivity index (χ4n) is 5.98. The van der Waals surface area contributed by atoms with Crippen LogP contribution in [0.1, 0.15) is 102 Å². The van der Waals surface area contributed by atoms with Crippen molar-refractivity contribution in [2.24, 2.45) is 0 Å². The number of nitrogens with one attached hydrogen (secondary N) is 3. The predicted molar refractivity (Wildman–Crippen MR) is 167 cm³/mol. The quantitative estimate of drug-likeness (QED) is 0.233. The van der Waals surface area contributed by atoms with Crippen molar-refractivity contribution in [3.8, 4) is 0 Å². The summed E-state index contributed by atoms with van der Waals surface area (Å²) in [5.41, 5.74) is 3.95. The van der Waals surface area contributed by atoms with Gasteiger partial charge in [0.1, 0.15) is 5.82 Å². The van der Waals surface area contributed by atoms with Gasteiger partial charge < -0.3 is 20.5 Å². The molecule has 9 nitrogen and oxygen atoms in total. The maximum Gasteiger partial charge on any atom is 0.337 e. The number of hydrogen-bond acceptors (Lipinski definition) is 5. The van der Waals surface area contributed by atoms with Gasteiger partial charge >= 0.3 is 12.0 Å². The van der Waals surface area contributed by atoms with Crippen molar-refractivity contribution < 1.29 is 19.8 Å². The predicted octanol–water partition coefficient (Wildman–Crippen LogP) is 6.58. The summed E-state index contributed by atoms with van der Waals surface area (Å²) in [4.78, 5) is 33.6. The average Bonchev–Trinajstić information content (AvgIpc) is 3.38.